The first-order valence-electron chi connectivity index (χ1n) is 9.88. The lowest BCUT2D eigenvalue weighted by atomic mass is 9.83. The van der Waals surface area contributed by atoms with E-state index < -0.39 is 12.0 Å². The number of carbonyl (C=O) groups excluding carboxylic acids is 2. The highest BCUT2D eigenvalue weighted by molar-refractivity contribution is 5.97. The summed E-state index contributed by atoms with van der Waals surface area (Å²) in [5.41, 5.74) is 1.46. The number of ether oxygens (including phenoxy) is 4. The van der Waals surface area contributed by atoms with Crippen LogP contribution in [-0.4, -0.2) is 39.8 Å². The maximum atomic E-state index is 13.0. The van der Waals surface area contributed by atoms with Gasteiger partial charge in [-0.15, -0.1) is 0 Å². The molecule has 0 N–H and O–H groups in total. The van der Waals surface area contributed by atoms with Gasteiger partial charge in [-0.25, -0.2) is 0 Å². The van der Waals surface area contributed by atoms with E-state index in [1.807, 2.05) is 24.3 Å². The van der Waals surface area contributed by atoms with Crippen molar-refractivity contribution in [2.24, 2.45) is 5.92 Å². The van der Waals surface area contributed by atoms with Gasteiger partial charge in [0.15, 0.2) is 11.5 Å². The SMILES string of the molecule is CCOC(=O)[C@@H]1CCC(=O)N(c2ccc(OC)cc2)[C@H]1c1ccc(OC)c(OC)c1. The van der Waals surface area contributed by atoms with Crippen molar-refractivity contribution in [3.63, 3.8) is 0 Å². The molecule has 30 heavy (non-hydrogen) atoms. The fourth-order valence-corrected chi connectivity index (χ4v) is 3.85. The van der Waals surface area contributed by atoms with Gasteiger partial charge in [-0.1, -0.05) is 6.07 Å². The Labute approximate surface area is 176 Å². The number of esters is 1. The van der Waals surface area contributed by atoms with Crippen molar-refractivity contribution in [2.45, 2.75) is 25.8 Å². The van der Waals surface area contributed by atoms with E-state index in [1.165, 1.54) is 0 Å². The van der Waals surface area contributed by atoms with Crippen LogP contribution in [0.1, 0.15) is 31.4 Å². The normalized spacial score (nSPS) is 18.7. The number of rotatable bonds is 7. The summed E-state index contributed by atoms with van der Waals surface area (Å²) in [6.07, 6.45) is 0.683. The highest BCUT2D eigenvalue weighted by Gasteiger charge is 2.42. The van der Waals surface area contributed by atoms with Crippen LogP contribution in [0.5, 0.6) is 17.2 Å². The molecule has 0 saturated carbocycles. The predicted molar refractivity (Wildman–Crippen MR) is 112 cm³/mol. The van der Waals surface area contributed by atoms with Gasteiger partial charge in [0.05, 0.1) is 39.9 Å². The minimum absolute atomic E-state index is 0.0551. The van der Waals surface area contributed by atoms with E-state index >= 15 is 0 Å². The number of anilines is 1. The Kier molecular flexibility index (Phi) is 6.82. The van der Waals surface area contributed by atoms with Crippen LogP contribution in [-0.2, 0) is 14.3 Å². The third kappa shape index (κ3) is 4.20. The van der Waals surface area contributed by atoms with E-state index in [0.29, 0.717) is 29.4 Å². The first-order chi connectivity index (χ1) is 14.5. The van der Waals surface area contributed by atoms with E-state index in [9.17, 15) is 9.59 Å². The maximum absolute atomic E-state index is 13.0. The standard InChI is InChI=1S/C23H27NO6/c1-5-30-23(26)18-11-13-21(25)24(16-7-9-17(27-2)10-8-16)22(18)15-6-12-19(28-3)20(14-15)29-4/h6-10,12,14,18,22H,5,11,13H2,1-4H3/t18-,22+/m1/s1. The molecule has 1 amide bonds. The van der Waals surface area contributed by atoms with Gasteiger partial charge in [0.1, 0.15) is 5.75 Å². The Morgan fingerprint density at radius 2 is 1.70 bits per heavy atom. The molecule has 1 heterocycles. The number of carbonyl (C=O) groups is 2. The molecule has 160 valence electrons. The van der Waals surface area contributed by atoms with Crippen LogP contribution in [0, 0.1) is 5.92 Å². The van der Waals surface area contributed by atoms with Crippen LogP contribution < -0.4 is 19.1 Å². The van der Waals surface area contributed by atoms with Crippen molar-refractivity contribution >= 4 is 17.6 Å². The molecular weight excluding hydrogens is 386 g/mol. The molecule has 0 bridgehead atoms. The number of benzene rings is 2. The highest BCUT2D eigenvalue weighted by Crippen LogP contribution is 2.43. The Bertz CT molecular complexity index is 895. The van der Waals surface area contributed by atoms with Gasteiger partial charge >= 0.3 is 5.97 Å². The zero-order valence-corrected chi connectivity index (χ0v) is 17.7. The third-order valence-corrected chi connectivity index (χ3v) is 5.29. The molecule has 2 aromatic carbocycles. The van der Waals surface area contributed by atoms with Crippen LogP contribution in [0.4, 0.5) is 5.69 Å². The van der Waals surface area contributed by atoms with Crippen molar-refractivity contribution in [1.82, 2.24) is 0 Å². The van der Waals surface area contributed by atoms with Crippen molar-refractivity contribution < 1.29 is 28.5 Å². The quantitative estimate of drug-likeness (QED) is 0.644. The molecule has 0 unspecified atom stereocenters. The Morgan fingerprint density at radius 3 is 2.30 bits per heavy atom. The van der Waals surface area contributed by atoms with E-state index in [2.05, 4.69) is 0 Å². The van der Waals surface area contributed by atoms with Gasteiger partial charge in [-0.2, -0.15) is 0 Å². The lowest BCUT2D eigenvalue weighted by Crippen LogP contribution is -2.46. The molecule has 0 aromatic heterocycles. The molecule has 7 heteroatoms. The van der Waals surface area contributed by atoms with E-state index in [1.54, 1.807) is 51.4 Å². The van der Waals surface area contributed by atoms with Crippen molar-refractivity contribution in [3.8, 4) is 17.2 Å². The van der Waals surface area contributed by atoms with Gasteiger partial charge in [-0.05, 0) is 55.3 Å². The topological polar surface area (TPSA) is 74.3 Å². The first-order valence-corrected chi connectivity index (χ1v) is 9.88. The van der Waals surface area contributed by atoms with Gasteiger partial charge in [0.25, 0.3) is 0 Å². The lowest BCUT2D eigenvalue weighted by molar-refractivity contribution is -0.150. The molecular formula is C23H27NO6. The molecule has 0 radical (unpaired) electrons. The summed E-state index contributed by atoms with van der Waals surface area (Å²) >= 11 is 0. The summed E-state index contributed by atoms with van der Waals surface area (Å²) in [5.74, 6) is 0.928. The highest BCUT2D eigenvalue weighted by atomic mass is 16.5. The Morgan fingerprint density at radius 1 is 1.00 bits per heavy atom. The summed E-state index contributed by atoms with van der Waals surface area (Å²) < 4.78 is 21.4. The fourth-order valence-electron chi connectivity index (χ4n) is 3.85. The number of amides is 1. The predicted octanol–water partition coefficient (Wildman–Crippen LogP) is 3.76. The number of nitrogens with zero attached hydrogens (tertiary/aromatic N) is 1. The van der Waals surface area contributed by atoms with Crippen LogP contribution in [0.2, 0.25) is 0 Å². The molecule has 2 aromatic rings. The monoisotopic (exact) mass is 413 g/mol. The van der Waals surface area contributed by atoms with E-state index in [-0.39, 0.29) is 24.9 Å². The summed E-state index contributed by atoms with van der Waals surface area (Å²) in [6.45, 7) is 2.06. The molecule has 1 fully saturated rings. The third-order valence-electron chi connectivity index (χ3n) is 5.29. The molecule has 0 spiro atoms. The minimum Gasteiger partial charge on any atom is -0.497 e. The Hall–Kier alpha value is -3.22. The maximum Gasteiger partial charge on any atom is 0.311 e. The van der Waals surface area contributed by atoms with Gasteiger partial charge in [0.2, 0.25) is 5.91 Å². The molecule has 2 atom stereocenters. The number of hydrogen-bond acceptors (Lipinski definition) is 6. The van der Waals surface area contributed by atoms with Crippen LogP contribution >= 0.6 is 0 Å². The number of methoxy groups -OCH3 is 3. The first kappa shape index (κ1) is 21.5. The summed E-state index contributed by atoms with van der Waals surface area (Å²) in [5, 5.41) is 0. The zero-order chi connectivity index (χ0) is 21.7. The second-order valence-corrected chi connectivity index (χ2v) is 6.92. The fraction of sp³-hybridized carbons (Fsp3) is 0.391. The van der Waals surface area contributed by atoms with Crippen molar-refractivity contribution in [2.75, 3.05) is 32.8 Å². The summed E-state index contributed by atoms with van der Waals surface area (Å²) in [6, 6.07) is 12.1. The van der Waals surface area contributed by atoms with Crippen molar-refractivity contribution in [1.29, 1.82) is 0 Å². The van der Waals surface area contributed by atoms with Gasteiger partial charge < -0.3 is 23.8 Å². The largest absolute Gasteiger partial charge is 0.497 e. The second kappa shape index (κ2) is 9.52. The Balaban J connectivity index is 2.11. The molecule has 3 rings (SSSR count). The minimum atomic E-state index is -0.529. The van der Waals surface area contributed by atoms with Crippen LogP contribution in [0.15, 0.2) is 42.5 Å². The molecule has 1 saturated heterocycles. The van der Waals surface area contributed by atoms with E-state index in [4.69, 9.17) is 18.9 Å². The van der Waals surface area contributed by atoms with Crippen LogP contribution in [0.25, 0.3) is 0 Å². The molecule has 7 nitrogen and oxygen atoms in total. The van der Waals surface area contributed by atoms with E-state index in [0.717, 1.165) is 5.56 Å². The second-order valence-electron chi connectivity index (χ2n) is 6.92. The van der Waals surface area contributed by atoms with Crippen molar-refractivity contribution in [3.05, 3.63) is 48.0 Å². The van der Waals surface area contributed by atoms with Crippen LogP contribution in [0.3, 0.4) is 0 Å². The molecule has 1 aliphatic rings. The smallest absolute Gasteiger partial charge is 0.311 e. The average Bonchev–Trinajstić information content (AvgIpc) is 2.78. The zero-order valence-electron chi connectivity index (χ0n) is 17.7. The molecule has 0 aliphatic carbocycles. The summed E-state index contributed by atoms with van der Waals surface area (Å²) in [4.78, 5) is 27.5. The summed E-state index contributed by atoms with van der Waals surface area (Å²) in [7, 11) is 4.70. The van der Waals surface area contributed by atoms with Gasteiger partial charge in [0, 0.05) is 12.1 Å². The average molecular weight is 413 g/mol. The molecule has 1 aliphatic heterocycles. The number of piperidine rings is 1. The number of hydrogen-bond donors (Lipinski definition) is 0. The van der Waals surface area contributed by atoms with Gasteiger partial charge in [-0.3, -0.25) is 9.59 Å². The lowest BCUT2D eigenvalue weighted by Gasteiger charge is -2.40.